The number of fused-ring (bicyclic) bond motifs is 1. The molecule has 3 aliphatic rings. The third-order valence-electron chi connectivity index (χ3n) is 8.58. The summed E-state index contributed by atoms with van der Waals surface area (Å²) < 4.78 is 45.7. The van der Waals surface area contributed by atoms with Gasteiger partial charge in [-0.2, -0.15) is 19.0 Å². The Labute approximate surface area is 278 Å². The first-order chi connectivity index (χ1) is 23.3. The van der Waals surface area contributed by atoms with E-state index in [1.165, 1.54) is 21.5 Å². The second-order valence-corrected chi connectivity index (χ2v) is 13.3. The maximum Gasteiger partial charge on any atom is 0.387 e. The summed E-state index contributed by atoms with van der Waals surface area (Å²) in [5, 5.41) is 13.7. The van der Waals surface area contributed by atoms with Crippen molar-refractivity contribution in [1.82, 2.24) is 34.3 Å². The average molecular weight is 683 g/mol. The number of nitrogens with zero attached hydrogens (tertiary/aromatic N) is 7. The fourth-order valence-corrected chi connectivity index (χ4v) is 6.96. The van der Waals surface area contributed by atoms with Crippen LogP contribution in [-0.4, -0.2) is 104 Å². The molecular formula is C31H36F2N10O4S. The number of allylic oxidation sites excluding steroid dienone is 1. The topological polar surface area (TPSA) is 163 Å². The molecule has 4 aromatic rings. The van der Waals surface area contributed by atoms with Gasteiger partial charge in [-0.3, -0.25) is 14.4 Å². The molecule has 6 heterocycles. The molecule has 17 heteroatoms. The number of benzene rings is 1. The lowest BCUT2D eigenvalue weighted by atomic mass is 10.0. The normalized spacial score (nSPS) is 18.2. The maximum absolute atomic E-state index is 13.6. The minimum absolute atomic E-state index is 0.0888. The fourth-order valence-electron chi connectivity index (χ4n) is 5.92. The summed E-state index contributed by atoms with van der Waals surface area (Å²) in [4.78, 5) is 21.1. The molecule has 48 heavy (non-hydrogen) atoms. The number of hydrogen-bond donors (Lipinski definition) is 3. The summed E-state index contributed by atoms with van der Waals surface area (Å²) in [6.07, 6.45) is 9.72. The molecule has 1 aromatic carbocycles. The third kappa shape index (κ3) is 7.09. The lowest BCUT2D eigenvalue weighted by Crippen LogP contribution is -2.54. The van der Waals surface area contributed by atoms with Crippen molar-refractivity contribution >= 4 is 29.0 Å². The Kier molecular flexibility index (Phi) is 9.45. The van der Waals surface area contributed by atoms with E-state index >= 15 is 0 Å². The van der Waals surface area contributed by atoms with Crippen LogP contribution in [0.1, 0.15) is 23.2 Å². The van der Waals surface area contributed by atoms with Crippen LogP contribution in [0.25, 0.3) is 16.9 Å². The van der Waals surface area contributed by atoms with E-state index < -0.39 is 12.5 Å². The van der Waals surface area contributed by atoms with Crippen LogP contribution in [0, 0.1) is 0 Å². The first-order valence-corrected chi connectivity index (χ1v) is 16.5. The van der Waals surface area contributed by atoms with Crippen LogP contribution in [0.3, 0.4) is 0 Å². The number of amides is 1. The van der Waals surface area contributed by atoms with E-state index in [1.807, 2.05) is 0 Å². The van der Waals surface area contributed by atoms with Gasteiger partial charge in [-0.25, -0.2) is 15.3 Å². The van der Waals surface area contributed by atoms with Crippen molar-refractivity contribution < 1.29 is 27.8 Å². The predicted octanol–water partition coefficient (Wildman–Crippen LogP) is 2.78. The van der Waals surface area contributed by atoms with Gasteiger partial charge in [-0.15, -0.1) is 11.8 Å². The van der Waals surface area contributed by atoms with Gasteiger partial charge in [0.05, 0.1) is 56.1 Å². The zero-order valence-corrected chi connectivity index (χ0v) is 26.8. The average Bonchev–Trinajstić information content (AvgIpc) is 3.62. The monoisotopic (exact) mass is 682 g/mol. The van der Waals surface area contributed by atoms with E-state index in [4.69, 9.17) is 30.9 Å². The number of likely N-dealkylation sites (tertiary alicyclic amines) is 1. The van der Waals surface area contributed by atoms with Gasteiger partial charge in [0.2, 0.25) is 0 Å². The Hall–Kier alpha value is -4.29. The maximum atomic E-state index is 13.6. The van der Waals surface area contributed by atoms with Gasteiger partial charge in [-0.05, 0) is 37.1 Å². The molecule has 5 N–H and O–H groups in total. The first kappa shape index (κ1) is 32.3. The van der Waals surface area contributed by atoms with Gasteiger partial charge in [-0.1, -0.05) is 0 Å². The first-order valence-electron chi connectivity index (χ1n) is 15.6. The number of carbonyl (C=O) groups excluding carboxylic acids is 1. The summed E-state index contributed by atoms with van der Waals surface area (Å²) in [6, 6.07) is 7.23. The van der Waals surface area contributed by atoms with Gasteiger partial charge in [0.25, 0.3) is 5.91 Å². The van der Waals surface area contributed by atoms with Crippen molar-refractivity contribution in [3.63, 3.8) is 0 Å². The third-order valence-corrected chi connectivity index (χ3v) is 9.71. The number of hydrazine groups is 1. The highest BCUT2D eigenvalue weighted by Gasteiger charge is 2.31. The standard InChI is InChI=1S/C31H36F2N10O4S/c32-31(33)47-27-3-2-22(48-23-17-46-18-23)10-24(27)28-26(38-30(44)25-11-37-43-7-1-6-36-29(25)43)14-41(39-28)12-19(34)13-42(35)20-4-8-40(9-5-20)21-15-45-16-21/h1-3,6-7,10-11,13-14,20-21,23,31H,4-5,8-9,12,15-18,34-35H2,(H,38,44)/b19-13-. The Morgan fingerprint density at radius 3 is 2.71 bits per heavy atom. The zero-order chi connectivity index (χ0) is 33.2. The molecule has 14 nitrogen and oxygen atoms in total. The number of piperidine rings is 1. The van der Waals surface area contributed by atoms with Gasteiger partial charge >= 0.3 is 6.61 Å². The molecule has 0 spiro atoms. The van der Waals surface area contributed by atoms with Crippen LogP contribution in [0.5, 0.6) is 5.75 Å². The molecule has 0 unspecified atom stereocenters. The Bertz CT molecular complexity index is 1790. The number of carbonyl (C=O) groups is 1. The summed E-state index contributed by atoms with van der Waals surface area (Å²) in [7, 11) is 0. The van der Waals surface area contributed by atoms with Crippen molar-refractivity contribution in [3.8, 4) is 17.0 Å². The van der Waals surface area contributed by atoms with Gasteiger partial charge in [0.1, 0.15) is 17.0 Å². The largest absolute Gasteiger partial charge is 0.434 e. The van der Waals surface area contributed by atoms with E-state index in [2.05, 4.69) is 20.3 Å². The second-order valence-electron chi connectivity index (χ2n) is 11.9. The van der Waals surface area contributed by atoms with Gasteiger partial charge in [0.15, 0.2) is 5.65 Å². The van der Waals surface area contributed by atoms with E-state index in [0.29, 0.717) is 30.6 Å². The number of thioether (sulfide) groups is 1. The van der Waals surface area contributed by atoms with Crippen LogP contribution >= 0.6 is 11.8 Å². The highest BCUT2D eigenvalue weighted by Crippen LogP contribution is 2.39. The van der Waals surface area contributed by atoms with Crippen molar-refractivity contribution in [2.75, 3.05) is 44.8 Å². The Morgan fingerprint density at radius 2 is 2.00 bits per heavy atom. The number of ether oxygens (including phenoxy) is 3. The molecule has 0 aliphatic carbocycles. The molecule has 3 aromatic heterocycles. The molecule has 1 amide bonds. The highest BCUT2D eigenvalue weighted by molar-refractivity contribution is 8.00. The Balaban J connectivity index is 1.16. The SMILES string of the molecule is N/C(=C\N(N)C1CCN(C2COC2)CC1)Cn1cc(NC(=O)c2cnn3cccnc23)c(-c2cc(SC3COC3)ccc2OC(F)F)n1. The molecule has 3 fully saturated rings. The van der Waals surface area contributed by atoms with Crippen LogP contribution < -0.4 is 21.6 Å². The predicted molar refractivity (Wildman–Crippen MR) is 173 cm³/mol. The van der Waals surface area contributed by atoms with E-state index in [9.17, 15) is 13.6 Å². The molecule has 0 atom stereocenters. The van der Waals surface area contributed by atoms with Crippen molar-refractivity contribution in [3.05, 3.63) is 66.5 Å². The molecular weight excluding hydrogens is 646 g/mol. The quantitative estimate of drug-likeness (QED) is 0.148. The molecule has 254 valence electrons. The number of nitrogens with two attached hydrogens (primary N) is 2. The number of hydrogen-bond acceptors (Lipinski definition) is 12. The van der Waals surface area contributed by atoms with Gasteiger partial charge in [0, 0.05) is 60.1 Å². The van der Waals surface area contributed by atoms with E-state index in [-0.39, 0.29) is 46.1 Å². The number of anilines is 1. The summed E-state index contributed by atoms with van der Waals surface area (Å²) in [6.45, 7) is 1.66. The highest BCUT2D eigenvalue weighted by atomic mass is 32.2. The fraction of sp³-hybridized carbons (Fsp3) is 0.419. The van der Waals surface area contributed by atoms with Crippen molar-refractivity contribution in [2.45, 2.75) is 48.2 Å². The van der Waals surface area contributed by atoms with E-state index in [1.54, 1.807) is 59.8 Å². The molecule has 0 saturated carbocycles. The summed E-state index contributed by atoms with van der Waals surface area (Å²) in [5.41, 5.74) is 8.22. The number of halogens is 2. The minimum atomic E-state index is -3.07. The second kappa shape index (κ2) is 14.1. The number of rotatable bonds is 12. The summed E-state index contributed by atoms with van der Waals surface area (Å²) >= 11 is 1.56. The number of alkyl halides is 2. The van der Waals surface area contributed by atoms with Crippen molar-refractivity contribution in [1.29, 1.82) is 0 Å². The van der Waals surface area contributed by atoms with E-state index in [0.717, 1.165) is 44.0 Å². The van der Waals surface area contributed by atoms with Crippen LogP contribution in [-0.2, 0) is 16.0 Å². The smallest absolute Gasteiger partial charge is 0.387 e. The molecule has 7 rings (SSSR count). The van der Waals surface area contributed by atoms with Crippen LogP contribution in [0.4, 0.5) is 14.5 Å². The molecule has 3 aliphatic heterocycles. The lowest BCUT2D eigenvalue weighted by Gasteiger charge is -2.42. The minimum Gasteiger partial charge on any atom is -0.434 e. The molecule has 0 bridgehead atoms. The number of aromatic nitrogens is 5. The summed E-state index contributed by atoms with van der Waals surface area (Å²) in [5.74, 6) is 5.84. The Morgan fingerprint density at radius 1 is 1.21 bits per heavy atom. The van der Waals surface area contributed by atoms with Gasteiger partial charge < -0.3 is 30.3 Å². The van der Waals surface area contributed by atoms with Crippen LogP contribution in [0.15, 0.2) is 65.8 Å². The lowest BCUT2D eigenvalue weighted by molar-refractivity contribution is -0.0748. The molecule has 3 saturated heterocycles. The molecule has 0 radical (unpaired) electrons. The van der Waals surface area contributed by atoms with Crippen LogP contribution in [0.2, 0.25) is 0 Å². The zero-order valence-electron chi connectivity index (χ0n) is 26.0. The number of nitrogens with one attached hydrogen (secondary N) is 1. The van der Waals surface area contributed by atoms with Crippen molar-refractivity contribution in [2.24, 2.45) is 11.6 Å².